The Morgan fingerprint density at radius 1 is 1.21 bits per heavy atom. The Kier molecular flexibility index (Phi) is 9.32. The highest BCUT2D eigenvalue weighted by Gasteiger charge is 2.28. The van der Waals surface area contributed by atoms with Crippen molar-refractivity contribution in [2.24, 2.45) is 5.92 Å². The van der Waals surface area contributed by atoms with Gasteiger partial charge in [0.1, 0.15) is 11.9 Å². The first kappa shape index (κ1) is 23.6. The molecule has 0 spiro atoms. The number of phenolic OH excluding ortho intramolecular Hbond substituents is 1. The van der Waals surface area contributed by atoms with Gasteiger partial charge in [-0.25, -0.2) is 4.79 Å². The maximum atomic E-state index is 12.5. The zero-order valence-corrected chi connectivity index (χ0v) is 19.7. The van der Waals surface area contributed by atoms with Crippen molar-refractivity contribution in [3.05, 3.63) is 57.0 Å². The highest BCUT2D eigenvalue weighted by Crippen LogP contribution is 2.40. The van der Waals surface area contributed by atoms with Crippen LogP contribution in [0, 0.1) is 5.92 Å². The van der Waals surface area contributed by atoms with Gasteiger partial charge in [0, 0.05) is 21.6 Å². The Labute approximate surface area is 191 Å². The lowest BCUT2D eigenvalue weighted by Crippen LogP contribution is -2.23. The molecule has 0 saturated carbocycles. The van der Waals surface area contributed by atoms with Crippen LogP contribution in [0.3, 0.4) is 0 Å². The smallest absolute Gasteiger partial charge is 0.412 e. The lowest BCUT2D eigenvalue weighted by Gasteiger charge is -2.26. The molecule has 0 aliphatic rings. The minimum Gasteiger partial charge on any atom is -0.506 e. The molecule has 6 nitrogen and oxygen atoms in total. The number of benzene rings is 2. The van der Waals surface area contributed by atoms with Gasteiger partial charge in [0.25, 0.3) is 0 Å². The maximum Gasteiger partial charge on any atom is 0.412 e. The van der Waals surface area contributed by atoms with E-state index >= 15 is 0 Å². The minimum atomic E-state index is -0.776. The number of rotatable bonds is 8. The van der Waals surface area contributed by atoms with E-state index in [1.807, 2.05) is 13.0 Å². The lowest BCUT2D eigenvalue weighted by molar-refractivity contribution is -0.141. The van der Waals surface area contributed by atoms with Crippen LogP contribution in [0.15, 0.2) is 51.4 Å². The summed E-state index contributed by atoms with van der Waals surface area (Å²) in [6.07, 6.45) is -1.01. The number of amides is 1. The number of ether oxygens (including phenoxy) is 2. The van der Waals surface area contributed by atoms with Crippen molar-refractivity contribution in [1.29, 1.82) is 0 Å². The third kappa shape index (κ3) is 7.24. The van der Waals surface area contributed by atoms with Crippen LogP contribution in [0.25, 0.3) is 0 Å². The van der Waals surface area contributed by atoms with Crippen LogP contribution in [-0.2, 0) is 14.3 Å². The molecule has 0 aliphatic heterocycles. The molecular weight excluding hydrogens is 526 g/mol. The summed E-state index contributed by atoms with van der Waals surface area (Å²) in [6.45, 7) is 2.00. The van der Waals surface area contributed by atoms with Crippen LogP contribution in [-0.4, -0.2) is 29.5 Å². The van der Waals surface area contributed by atoms with Gasteiger partial charge < -0.3 is 14.6 Å². The van der Waals surface area contributed by atoms with E-state index < -0.39 is 18.2 Å². The van der Waals surface area contributed by atoms with E-state index in [-0.39, 0.29) is 24.0 Å². The van der Waals surface area contributed by atoms with Crippen LogP contribution in [0.5, 0.6) is 5.75 Å². The zero-order valence-electron chi connectivity index (χ0n) is 15.6. The van der Waals surface area contributed by atoms with Gasteiger partial charge >= 0.3 is 12.1 Å². The van der Waals surface area contributed by atoms with Crippen molar-refractivity contribution in [2.45, 2.75) is 19.4 Å². The van der Waals surface area contributed by atoms with Crippen molar-refractivity contribution in [3.63, 3.8) is 0 Å². The average molecular weight is 547 g/mol. The molecule has 0 bridgehead atoms. The lowest BCUT2D eigenvalue weighted by atomic mass is 9.94. The summed E-state index contributed by atoms with van der Waals surface area (Å²) in [4.78, 5) is 23.8. The molecule has 2 N–H and O–H groups in total. The van der Waals surface area contributed by atoms with Crippen molar-refractivity contribution in [1.82, 2.24) is 0 Å². The molecule has 2 aromatic carbocycles. The van der Waals surface area contributed by atoms with Gasteiger partial charge in [-0.1, -0.05) is 41.1 Å². The number of para-hydroxylation sites is 1. The number of esters is 1. The van der Waals surface area contributed by atoms with Gasteiger partial charge in [0.05, 0.1) is 16.8 Å². The summed E-state index contributed by atoms with van der Waals surface area (Å²) in [7, 11) is 0. The van der Waals surface area contributed by atoms with Crippen LogP contribution in [0.4, 0.5) is 10.5 Å². The van der Waals surface area contributed by atoms with Gasteiger partial charge in [-0.05, 0) is 46.6 Å². The molecule has 156 valence electrons. The van der Waals surface area contributed by atoms with Crippen LogP contribution in [0.1, 0.15) is 25.0 Å². The van der Waals surface area contributed by atoms with Gasteiger partial charge in [-0.2, -0.15) is 12.6 Å². The fourth-order valence-electron chi connectivity index (χ4n) is 2.63. The molecule has 2 aromatic rings. The number of aromatic hydroxyl groups is 1. The van der Waals surface area contributed by atoms with E-state index in [2.05, 4.69) is 49.8 Å². The topological polar surface area (TPSA) is 84.9 Å². The summed E-state index contributed by atoms with van der Waals surface area (Å²) >= 11 is 10.6. The standard InChI is InChI=1S/C20H21Br2NO5S/c1-12(7-8-27-17(24)11-29)19(15-9-13(21)10-16(22)18(15)25)28-20(26)23-14-5-3-2-4-6-14/h2-6,9-10,12,19,25,29H,7-8,11H2,1H3,(H,23,26)/t12-,19-/m0/s1. The molecule has 0 radical (unpaired) electrons. The van der Waals surface area contributed by atoms with Crippen molar-refractivity contribution < 1.29 is 24.2 Å². The normalized spacial score (nSPS) is 12.7. The number of nitrogens with one attached hydrogen (secondary N) is 1. The molecular formula is C20H21Br2NO5S. The molecule has 0 unspecified atom stereocenters. The van der Waals surface area contributed by atoms with Gasteiger partial charge in [0.15, 0.2) is 0 Å². The maximum absolute atomic E-state index is 12.5. The number of anilines is 1. The number of halogens is 2. The predicted molar refractivity (Wildman–Crippen MR) is 121 cm³/mol. The molecule has 9 heteroatoms. The second kappa shape index (κ2) is 11.5. The Morgan fingerprint density at radius 3 is 2.55 bits per heavy atom. The summed E-state index contributed by atoms with van der Waals surface area (Å²) in [5.74, 6) is -0.707. The van der Waals surface area contributed by atoms with E-state index in [1.165, 1.54) is 0 Å². The van der Waals surface area contributed by atoms with Crippen LogP contribution in [0.2, 0.25) is 0 Å². The zero-order chi connectivity index (χ0) is 21.4. The highest BCUT2D eigenvalue weighted by molar-refractivity contribution is 9.11. The molecule has 2 rings (SSSR count). The Balaban J connectivity index is 2.20. The number of hydrogen-bond donors (Lipinski definition) is 3. The summed E-state index contributed by atoms with van der Waals surface area (Å²) in [6, 6.07) is 12.3. The molecule has 0 heterocycles. The second-order valence-electron chi connectivity index (χ2n) is 6.29. The van der Waals surface area contributed by atoms with Crippen molar-refractivity contribution >= 4 is 62.2 Å². The number of carbonyl (C=O) groups excluding carboxylic acids is 2. The summed E-state index contributed by atoms with van der Waals surface area (Å²) in [5, 5.41) is 13.2. The first-order chi connectivity index (χ1) is 13.8. The largest absolute Gasteiger partial charge is 0.506 e. The Morgan fingerprint density at radius 2 is 1.90 bits per heavy atom. The predicted octanol–water partition coefficient (Wildman–Crippen LogP) is 5.71. The summed E-state index contributed by atoms with van der Waals surface area (Å²) in [5.41, 5.74) is 1.02. The molecule has 0 aromatic heterocycles. The van der Waals surface area contributed by atoms with Crippen LogP contribution >= 0.6 is 44.5 Å². The van der Waals surface area contributed by atoms with Crippen molar-refractivity contribution in [3.8, 4) is 5.75 Å². The molecule has 0 aliphatic carbocycles. The first-order valence-electron chi connectivity index (χ1n) is 8.79. The quantitative estimate of drug-likeness (QED) is 0.292. The molecule has 0 saturated heterocycles. The van der Waals surface area contributed by atoms with E-state index in [1.54, 1.807) is 36.4 Å². The van der Waals surface area contributed by atoms with Crippen LogP contribution < -0.4 is 5.32 Å². The molecule has 1 amide bonds. The minimum absolute atomic E-state index is 0.00679. The fraction of sp³-hybridized carbons (Fsp3) is 0.300. The van der Waals surface area contributed by atoms with E-state index in [4.69, 9.17) is 9.47 Å². The molecule has 2 atom stereocenters. The SMILES string of the molecule is C[C@@H](CCOC(=O)CS)[C@H](OC(=O)Nc1ccccc1)c1cc(Br)cc(Br)c1O. The average Bonchev–Trinajstić information content (AvgIpc) is 2.69. The molecule has 29 heavy (non-hydrogen) atoms. The monoisotopic (exact) mass is 545 g/mol. The second-order valence-corrected chi connectivity index (χ2v) is 8.37. The van der Waals surface area contributed by atoms with Gasteiger partial charge in [0.2, 0.25) is 0 Å². The third-order valence-electron chi connectivity index (χ3n) is 4.10. The Bertz CT molecular complexity index is 850. The highest BCUT2D eigenvalue weighted by atomic mass is 79.9. The molecule has 0 fully saturated rings. The number of carbonyl (C=O) groups is 2. The number of hydrogen-bond acceptors (Lipinski definition) is 6. The van der Waals surface area contributed by atoms with Crippen molar-refractivity contribution in [2.75, 3.05) is 17.7 Å². The first-order valence-corrected chi connectivity index (χ1v) is 11.0. The fourth-order valence-corrected chi connectivity index (χ4v) is 3.98. The van der Waals surface area contributed by atoms with E-state index in [0.29, 0.717) is 26.6 Å². The number of thiol groups is 1. The third-order valence-corrected chi connectivity index (χ3v) is 5.42. The van der Waals surface area contributed by atoms with E-state index in [0.717, 1.165) is 0 Å². The Hall–Kier alpha value is -1.71. The van der Waals surface area contributed by atoms with E-state index in [9.17, 15) is 14.7 Å². The summed E-state index contributed by atoms with van der Waals surface area (Å²) < 4.78 is 11.9. The van der Waals surface area contributed by atoms with Gasteiger partial charge in [-0.15, -0.1) is 0 Å². The number of phenols is 1. The van der Waals surface area contributed by atoms with Gasteiger partial charge in [-0.3, -0.25) is 10.1 Å².